The van der Waals surface area contributed by atoms with Gasteiger partial charge in [0.15, 0.2) is 11.0 Å². The Balaban J connectivity index is 1.49. The third-order valence-electron chi connectivity index (χ3n) is 4.36. The van der Waals surface area contributed by atoms with Gasteiger partial charge in [0.1, 0.15) is 5.82 Å². The zero-order valence-electron chi connectivity index (χ0n) is 14.9. The SMILES string of the molecule is Cc1ccc(NC(=O)CSc2nnc(-c3ccccc3F)n2C2CC2)cc1. The average molecular weight is 382 g/mol. The van der Waals surface area contributed by atoms with Crippen LogP contribution in [0.25, 0.3) is 11.4 Å². The van der Waals surface area contributed by atoms with E-state index in [0.29, 0.717) is 16.5 Å². The Morgan fingerprint density at radius 2 is 1.93 bits per heavy atom. The first kappa shape index (κ1) is 17.7. The van der Waals surface area contributed by atoms with E-state index >= 15 is 0 Å². The standard InChI is InChI=1S/C20H19FN4OS/c1-13-6-8-14(9-7-13)22-18(26)12-27-20-24-23-19(25(20)15-10-11-15)16-4-2-3-5-17(16)21/h2-9,15H,10-12H2,1H3,(H,22,26). The summed E-state index contributed by atoms with van der Waals surface area (Å²) in [5.74, 6) is 0.315. The molecule has 1 aliphatic carbocycles. The summed E-state index contributed by atoms with van der Waals surface area (Å²) in [5.41, 5.74) is 2.34. The van der Waals surface area contributed by atoms with Gasteiger partial charge in [-0.3, -0.25) is 9.36 Å². The Hall–Kier alpha value is -2.67. The minimum absolute atomic E-state index is 0.110. The van der Waals surface area contributed by atoms with Gasteiger partial charge in [-0.25, -0.2) is 4.39 Å². The number of halogens is 1. The molecule has 1 aromatic heterocycles. The number of aryl methyl sites for hydroxylation is 1. The normalized spacial score (nSPS) is 13.6. The molecule has 3 aromatic rings. The molecule has 1 N–H and O–H groups in total. The molecule has 0 radical (unpaired) electrons. The molecule has 7 heteroatoms. The highest BCUT2D eigenvalue weighted by Crippen LogP contribution is 2.41. The van der Waals surface area contributed by atoms with Crippen LogP contribution >= 0.6 is 11.8 Å². The molecular formula is C20H19FN4OS. The molecule has 27 heavy (non-hydrogen) atoms. The maximum absolute atomic E-state index is 14.2. The first-order chi connectivity index (χ1) is 13.1. The Morgan fingerprint density at radius 3 is 2.63 bits per heavy atom. The van der Waals surface area contributed by atoms with Gasteiger partial charge >= 0.3 is 0 Å². The molecule has 1 saturated carbocycles. The van der Waals surface area contributed by atoms with Crippen molar-refractivity contribution in [2.45, 2.75) is 31.0 Å². The Bertz CT molecular complexity index is 966. The minimum atomic E-state index is -0.319. The summed E-state index contributed by atoms with van der Waals surface area (Å²) in [6.45, 7) is 2.00. The Morgan fingerprint density at radius 1 is 1.19 bits per heavy atom. The number of hydrogen-bond acceptors (Lipinski definition) is 4. The predicted molar refractivity (Wildman–Crippen MR) is 104 cm³/mol. The molecule has 0 aliphatic heterocycles. The zero-order chi connectivity index (χ0) is 18.8. The maximum atomic E-state index is 14.2. The summed E-state index contributed by atoms with van der Waals surface area (Å²) >= 11 is 1.32. The van der Waals surface area contributed by atoms with Crippen LogP contribution in [0.4, 0.5) is 10.1 Å². The van der Waals surface area contributed by atoms with Gasteiger partial charge < -0.3 is 5.32 Å². The highest BCUT2D eigenvalue weighted by atomic mass is 32.2. The lowest BCUT2D eigenvalue weighted by Gasteiger charge is -2.09. The van der Waals surface area contributed by atoms with Crippen molar-refractivity contribution in [3.05, 3.63) is 59.9 Å². The number of rotatable bonds is 6. The fourth-order valence-corrected chi connectivity index (χ4v) is 3.63. The lowest BCUT2D eigenvalue weighted by molar-refractivity contribution is -0.113. The minimum Gasteiger partial charge on any atom is -0.325 e. The van der Waals surface area contributed by atoms with Gasteiger partial charge in [0.25, 0.3) is 0 Å². The Labute approximate surface area is 161 Å². The second-order valence-electron chi connectivity index (χ2n) is 6.59. The van der Waals surface area contributed by atoms with Crippen LogP contribution in [0.15, 0.2) is 53.7 Å². The van der Waals surface area contributed by atoms with Crippen molar-refractivity contribution in [3.8, 4) is 11.4 Å². The van der Waals surface area contributed by atoms with Gasteiger partial charge in [-0.15, -0.1) is 10.2 Å². The number of carbonyl (C=O) groups is 1. The molecule has 1 amide bonds. The number of nitrogens with zero attached hydrogens (tertiary/aromatic N) is 3. The van der Waals surface area contributed by atoms with E-state index in [-0.39, 0.29) is 23.5 Å². The van der Waals surface area contributed by atoms with Crippen LogP contribution in [0.1, 0.15) is 24.4 Å². The largest absolute Gasteiger partial charge is 0.325 e. The number of carbonyl (C=O) groups excluding carboxylic acids is 1. The van der Waals surface area contributed by atoms with E-state index in [9.17, 15) is 9.18 Å². The van der Waals surface area contributed by atoms with Crippen molar-refractivity contribution in [3.63, 3.8) is 0 Å². The van der Waals surface area contributed by atoms with E-state index in [1.807, 2.05) is 35.8 Å². The summed E-state index contributed by atoms with van der Waals surface area (Å²) in [6.07, 6.45) is 2.03. The summed E-state index contributed by atoms with van der Waals surface area (Å²) in [5, 5.41) is 11.9. The van der Waals surface area contributed by atoms with E-state index in [4.69, 9.17) is 0 Å². The van der Waals surface area contributed by atoms with Gasteiger partial charge in [0.05, 0.1) is 11.3 Å². The molecule has 2 aromatic carbocycles. The fraction of sp³-hybridized carbons (Fsp3) is 0.250. The summed E-state index contributed by atoms with van der Waals surface area (Å²) in [4.78, 5) is 12.2. The van der Waals surface area contributed by atoms with Crippen LogP contribution in [0.5, 0.6) is 0 Å². The molecule has 0 bridgehead atoms. The van der Waals surface area contributed by atoms with Crippen molar-refractivity contribution >= 4 is 23.4 Å². The zero-order valence-corrected chi connectivity index (χ0v) is 15.7. The second-order valence-corrected chi connectivity index (χ2v) is 7.53. The van der Waals surface area contributed by atoms with Crippen molar-refractivity contribution in [1.82, 2.24) is 14.8 Å². The van der Waals surface area contributed by atoms with Crippen LogP contribution < -0.4 is 5.32 Å². The number of amides is 1. The number of anilines is 1. The first-order valence-corrected chi connectivity index (χ1v) is 9.79. The summed E-state index contributed by atoms with van der Waals surface area (Å²) in [6, 6.07) is 14.5. The van der Waals surface area contributed by atoms with Crippen LogP contribution in [0.3, 0.4) is 0 Å². The third-order valence-corrected chi connectivity index (χ3v) is 5.30. The van der Waals surface area contributed by atoms with E-state index in [1.165, 1.54) is 17.8 Å². The molecule has 0 atom stereocenters. The second kappa shape index (κ2) is 7.52. The summed E-state index contributed by atoms with van der Waals surface area (Å²) < 4.78 is 16.1. The molecule has 138 valence electrons. The van der Waals surface area contributed by atoms with Crippen LogP contribution in [-0.4, -0.2) is 26.4 Å². The third kappa shape index (κ3) is 4.03. The van der Waals surface area contributed by atoms with Crippen molar-refractivity contribution < 1.29 is 9.18 Å². The van der Waals surface area contributed by atoms with Gasteiger partial charge in [0, 0.05) is 11.7 Å². The lowest BCUT2D eigenvalue weighted by atomic mass is 10.2. The monoisotopic (exact) mass is 382 g/mol. The predicted octanol–water partition coefficient (Wildman–Crippen LogP) is 4.46. The molecule has 1 heterocycles. The molecule has 1 aliphatic rings. The molecule has 5 nitrogen and oxygen atoms in total. The molecule has 0 unspecified atom stereocenters. The quantitative estimate of drug-likeness (QED) is 0.640. The van der Waals surface area contributed by atoms with E-state index in [1.54, 1.807) is 18.2 Å². The van der Waals surface area contributed by atoms with E-state index < -0.39 is 0 Å². The number of thioether (sulfide) groups is 1. The van der Waals surface area contributed by atoms with Crippen LogP contribution in [0, 0.1) is 12.7 Å². The number of benzene rings is 2. The van der Waals surface area contributed by atoms with Gasteiger partial charge in [-0.2, -0.15) is 0 Å². The summed E-state index contributed by atoms with van der Waals surface area (Å²) in [7, 11) is 0. The number of nitrogens with one attached hydrogen (secondary N) is 1. The molecule has 0 spiro atoms. The number of hydrogen-bond donors (Lipinski definition) is 1. The molecule has 1 fully saturated rings. The van der Waals surface area contributed by atoms with Crippen molar-refractivity contribution in [2.75, 3.05) is 11.1 Å². The van der Waals surface area contributed by atoms with Crippen LogP contribution in [-0.2, 0) is 4.79 Å². The molecule has 4 rings (SSSR count). The van der Waals surface area contributed by atoms with Crippen LogP contribution in [0.2, 0.25) is 0 Å². The molecular weight excluding hydrogens is 363 g/mol. The average Bonchev–Trinajstić information content (AvgIpc) is 3.42. The van der Waals surface area contributed by atoms with Gasteiger partial charge in [-0.1, -0.05) is 41.6 Å². The topological polar surface area (TPSA) is 59.8 Å². The lowest BCUT2D eigenvalue weighted by Crippen LogP contribution is -2.14. The first-order valence-electron chi connectivity index (χ1n) is 8.81. The Kier molecular flexibility index (Phi) is 4.94. The fourth-order valence-electron chi connectivity index (χ4n) is 2.83. The highest BCUT2D eigenvalue weighted by Gasteiger charge is 2.31. The number of aromatic nitrogens is 3. The smallest absolute Gasteiger partial charge is 0.234 e. The molecule has 0 saturated heterocycles. The maximum Gasteiger partial charge on any atom is 0.234 e. The van der Waals surface area contributed by atoms with Gasteiger partial charge in [0.2, 0.25) is 5.91 Å². The highest BCUT2D eigenvalue weighted by molar-refractivity contribution is 7.99. The van der Waals surface area contributed by atoms with Crippen molar-refractivity contribution in [1.29, 1.82) is 0 Å². The van der Waals surface area contributed by atoms with Gasteiger partial charge in [-0.05, 0) is 44.0 Å². The van der Waals surface area contributed by atoms with E-state index in [2.05, 4.69) is 15.5 Å². The van der Waals surface area contributed by atoms with Crippen molar-refractivity contribution in [2.24, 2.45) is 0 Å². The van der Waals surface area contributed by atoms with E-state index in [0.717, 1.165) is 24.1 Å².